The van der Waals surface area contributed by atoms with Crippen LogP contribution in [0.15, 0.2) is 75.9 Å². The van der Waals surface area contributed by atoms with Crippen molar-refractivity contribution >= 4 is 11.0 Å². The highest BCUT2D eigenvalue weighted by molar-refractivity contribution is 5.77. The molecule has 0 N–H and O–H groups in total. The van der Waals surface area contributed by atoms with Gasteiger partial charge in [-0.15, -0.1) is 0 Å². The standard InChI is InChI=1S/C27H26N2O3/c1-31-22-8-6-19(7-9-22)24-10-11-26(30)29-15-18-12-21(27(24)29)16-28(14-18)17-23-13-20-4-2-3-5-25(20)32-23/h2-11,13,18,21H,12,14-17H2,1H3/t18-,21+/m0/s1. The predicted octanol–water partition coefficient (Wildman–Crippen LogP) is 4.89. The maximum Gasteiger partial charge on any atom is 0.250 e. The van der Waals surface area contributed by atoms with Gasteiger partial charge in [-0.3, -0.25) is 9.69 Å². The minimum Gasteiger partial charge on any atom is -0.497 e. The maximum absolute atomic E-state index is 12.8. The molecule has 0 amide bonds. The van der Waals surface area contributed by atoms with Crippen molar-refractivity contribution in [3.63, 3.8) is 0 Å². The highest BCUT2D eigenvalue weighted by Crippen LogP contribution is 2.40. The molecule has 0 aliphatic carbocycles. The van der Waals surface area contributed by atoms with Crippen molar-refractivity contribution in [3.05, 3.63) is 88.5 Å². The number of ether oxygens (including phenoxy) is 1. The molecule has 2 aromatic heterocycles. The number of hydrogen-bond acceptors (Lipinski definition) is 4. The molecule has 6 rings (SSSR count). The molecule has 2 atom stereocenters. The van der Waals surface area contributed by atoms with E-state index in [2.05, 4.69) is 29.2 Å². The molecule has 0 radical (unpaired) electrons. The first-order valence-electron chi connectivity index (χ1n) is 11.3. The Morgan fingerprint density at radius 2 is 1.84 bits per heavy atom. The Hall–Kier alpha value is -3.31. The summed E-state index contributed by atoms with van der Waals surface area (Å²) in [7, 11) is 1.68. The van der Waals surface area contributed by atoms with Crippen LogP contribution >= 0.6 is 0 Å². The van der Waals surface area contributed by atoms with Gasteiger partial charge in [0.15, 0.2) is 0 Å². The van der Waals surface area contributed by atoms with Gasteiger partial charge < -0.3 is 13.7 Å². The summed E-state index contributed by atoms with van der Waals surface area (Å²) < 4.78 is 13.4. The topological polar surface area (TPSA) is 47.6 Å². The first-order chi connectivity index (χ1) is 15.7. The van der Waals surface area contributed by atoms with Crippen molar-refractivity contribution in [1.29, 1.82) is 0 Å². The van der Waals surface area contributed by atoms with Crippen molar-refractivity contribution in [3.8, 4) is 16.9 Å². The van der Waals surface area contributed by atoms with Crippen LogP contribution in [0.4, 0.5) is 0 Å². The molecule has 0 spiro atoms. The molecule has 2 aliphatic heterocycles. The quantitative estimate of drug-likeness (QED) is 0.466. The van der Waals surface area contributed by atoms with Crippen LogP contribution in [-0.4, -0.2) is 29.7 Å². The molecule has 0 unspecified atom stereocenters. The highest BCUT2D eigenvalue weighted by atomic mass is 16.5. The van der Waals surface area contributed by atoms with E-state index in [4.69, 9.17) is 9.15 Å². The Kier molecular flexibility index (Phi) is 4.65. The van der Waals surface area contributed by atoms with Crippen LogP contribution in [-0.2, 0) is 13.1 Å². The van der Waals surface area contributed by atoms with E-state index in [-0.39, 0.29) is 5.56 Å². The number of pyridine rings is 1. The lowest BCUT2D eigenvalue weighted by atomic mass is 9.80. The lowest BCUT2D eigenvalue weighted by Gasteiger charge is -2.43. The van der Waals surface area contributed by atoms with Gasteiger partial charge in [0.05, 0.1) is 13.7 Å². The third-order valence-electron chi connectivity index (χ3n) is 6.92. The average molecular weight is 427 g/mol. The second-order valence-electron chi connectivity index (χ2n) is 9.05. The maximum atomic E-state index is 12.8. The predicted molar refractivity (Wildman–Crippen MR) is 125 cm³/mol. The number of aromatic nitrogens is 1. The van der Waals surface area contributed by atoms with Gasteiger partial charge in [-0.1, -0.05) is 30.3 Å². The minimum atomic E-state index is 0.109. The summed E-state index contributed by atoms with van der Waals surface area (Å²) in [4.78, 5) is 15.3. The summed E-state index contributed by atoms with van der Waals surface area (Å²) in [6.07, 6.45) is 1.13. The summed E-state index contributed by atoms with van der Waals surface area (Å²) in [5, 5.41) is 1.15. The number of piperidine rings is 1. The van der Waals surface area contributed by atoms with Gasteiger partial charge in [0, 0.05) is 48.3 Å². The molecular weight excluding hydrogens is 400 g/mol. The van der Waals surface area contributed by atoms with E-state index >= 15 is 0 Å². The van der Waals surface area contributed by atoms with Gasteiger partial charge in [0.25, 0.3) is 5.56 Å². The molecule has 1 saturated heterocycles. The summed E-state index contributed by atoms with van der Waals surface area (Å²) in [6, 6.07) is 22.2. The third-order valence-corrected chi connectivity index (χ3v) is 6.92. The summed E-state index contributed by atoms with van der Waals surface area (Å²) in [5.74, 6) is 2.66. The Balaban J connectivity index is 1.33. The second kappa shape index (κ2) is 7.68. The summed E-state index contributed by atoms with van der Waals surface area (Å²) in [6.45, 7) is 3.51. The van der Waals surface area contributed by atoms with Gasteiger partial charge in [-0.2, -0.15) is 0 Å². The van der Waals surface area contributed by atoms with Crippen LogP contribution < -0.4 is 10.3 Å². The molecule has 2 bridgehead atoms. The van der Waals surface area contributed by atoms with Crippen molar-refractivity contribution in [2.45, 2.75) is 25.4 Å². The van der Waals surface area contributed by atoms with E-state index in [1.54, 1.807) is 13.2 Å². The lowest BCUT2D eigenvalue weighted by Crippen LogP contribution is -2.46. The van der Waals surface area contributed by atoms with Crippen molar-refractivity contribution < 1.29 is 9.15 Å². The number of nitrogens with zero attached hydrogens (tertiary/aromatic N) is 2. The number of rotatable bonds is 4. The fourth-order valence-corrected chi connectivity index (χ4v) is 5.59. The summed E-state index contributed by atoms with van der Waals surface area (Å²) in [5.41, 5.74) is 4.51. The molecule has 4 aromatic rings. The van der Waals surface area contributed by atoms with E-state index in [0.29, 0.717) is 11.8 Å². The average Bonchev–Trinajstić information content (AvgIpc) is 3.22. The van der Waals surface area contributed by atoms with Crippen LogP contribution in [0.3, 0.4) is 0 Å². The van der Waals surface area contributed by atoms with Gasteiger partial charge in [0.1, 0.15) is 17.1 Å². The monoisotopic (exact) mass is 426 g/mol. The molecule has 4 heterocycles. The highest BCUT2D eigenvalue weighted by Gasteiger charge is 2.36. The van der Waals surface area contributed by atoms with Crippen LogP contribution in [0, 0.1) is 5.92 Å². The van der Waals surface area contributed by atoms with Crippen molar-refractivity contribution in [2.75, 3.05) is 20.2 Å². The Morgan fingerprint density at radius 3 is 2.66 bits per heavy atom. The van der Waals surface area contributed by atoms with E-state index in [9.17, 15) is 4.79 Å². The molecule has 32 heavy (non-hydrogen) atoms. The molecule has 0 saturated carbocycles. The van der Waals surface area contributed by atoms with Crippen molar-refractivity contribution in [1.82, 2.24) is 9.47 Å². The molecule has 1 fully saturated rings. The number of methoxy groups -OCH3 is 1. The molecule has 162 valence electrons. The van der Waals surface area contributed by atoms with E-state index in [0.717, 1.165) is 66.2 Å². The molecule has 2 aromatic carbocycles. The first-order valence-corrected chi connectivity index (χ1v) is 11.3. The SMILES string of the molecule is COc1ccc(-c2ccc(=O)n3c2[C@@H]2C[C@@H](CN(Cc4cc5ccccc5o4)C2)C3)cc1. The second-order valence-corrected chi connectivity index (χ2v) is 9.05. The fourth-order valence-electron chi connectivity index (χ4n) is 5.59. The Morgan fingerprint density at radius 1 is 1.00 bits per heavy atom. The lowest BCUT2D eigenvalue weighted by molar-refractivity contribution is 0.109. The van der Waals surface area contributed by atoms with Crippen LogP contribution in [0.25, 0.3) is 22.1 Å². The zero-order chi connectivity index (χ0) is 21.7. The number of hydrogen-bond donors (Lipinski definition) is 0. The van der Waals surface area contributed by atoms with Gasteiger partial charge in [-0.05, 0) is 48.2 Å². The number of likely N-dealkylation sites (tertiary alicyclic amines) is 1. The van der Waals surface area contributed by atoms with Crippen molar-refractivity contribution in [2.24, 2.45) is 5.92 Å². The largest absolute Gasteiger partial charge is 0.497 e. The molecular formula is C27H26N2O3. The molecule has 5 heteroatoms. The van der Waals surface area contributed by atoms with E-state index in [1.807, 2.05) is 41.0 Å². The van der Waals surface area contributed by atoms with Gasteiger partial charge in [-0.25, -0.2) is 0 Å². The minimum absolute atomic E-state index is 0.109. The summed E-state index contributed by atoms with van der Waals surface area (Å²) >= 11 is 0. The van der Waals surface area contributed by atoms with Crippen LogP contribution in [0.2, 0.25) is 0 Å². The number of furan rings is 1. The van der Waals surface area contributed by atoms with Gasteiger partial charge >= 0.3 is 0 Å². The van der Waals surface area contributed by atoms with E-state index < -0.39 is 0 Å². The molecule has 5 nitrogen and oxygen atoms in total. The Labute approximate surface area is 186 Å². The number of fused-ring (bicyclic) bond motifs is 5. The third kappa shape index (κ3) is 3.33. The van der Waals surface area contributed by atoms with Crippen LogP contribution in [0.5, 0.6) is 5.75 Å². The zero-order valence-electron chi connectivity index (χ0n) is 18.2. The Bertz CT molecular complexity index is 1300. The molecule has 2 aliphatic rings. The normalized spacial score (nSPS) is 20.3. The van der Waals surface area contributed by atoms with Gasteiger partial charge in [0.2, 0.25) is 0 Å². The first kappa shape index (κ1) is 19.4. The van der Waals surface area contributed by atoms with Crippen LogP contribution in [0.1, 0.15) is 23.8 Å². The smallest absolute Gasteiger partial charge is 0.250 e. The number of benzene rings is 2. The zero-order valence-corrected chi connectivity index (χ0v) is 18.2. The van der Waals surface area contributed by atoms with E-state index in [1.165, 1.54) is 5.69 Å². The fraction of sp³-hybridized carbons (Fsp3) is 0.296. The number of para-hydroxylation sites is 1.